The van der Waals surface area contributed by atoms with E-state index in [2.05, 4.69) is 20.9 Å². The number of aliphatic hydroxyl groups excluding tert-OH is 1. The summed E-state index contributed by atoms with van der Waals surface area (Å²) in [5, 5.41) is 11.4. The first-order valence-electron chi connectivity index (χ1n) is 11.0. The van der Waals surface area contributed by atoms with Crippen LogP contribution in [0.5, 0.6) is 5.75 Å². The average Bonchev–Trinajstić information content (AvgIpc) is 3.35. The second-order valence-corrected chi connectivity index (χ2v) is 10.2. The van der Waals surface area contributed by atoms with E-state index in [4.69, 9.17) is 9.47 Å². The van der Waals surface area contributed by atoms with Crippen molar-refractivity contribution in [1.29, 1.82) is 0 Å². The summed E-state index contributed by atoms with van der Waals surface area (Å²) in [4.78, 5) is 44.6. The van der Waals surface area contributed by atoms with Gasteiger partial charge in [-0.25, -0.2) is 9.78 Å². The first-order valence-corrected chi connectivity index (χ1v) is 12.6. The van der Waals surface area contributed by atoms with Crippen molar-refractivity contribution < 1.29 is 29.0 Å². The highest BCUT2D eigenvalue weighted by Crippen LogP contribution is 2.44. The third-order valence-corrected chi connectivity index (χ3v) is 7.16. The zero-order chi connectivity index (χ0) is 26.1. The number of ether oxygens (including phenoxy) is 2. The third-order valence-electron chi connectivity index (χ3n) is 5.49. The molecule has 186 valence electrons. The number of amides is 1. The molecule has 0 spiro atoms. The molecule has 1 aliphatic rings. The first-order chi connectivity index (χ1) is 17.1. The van der Waals surface area contributed by atoms with Gasteiger partial charge in [0.25, 0.3) is 5.78 Å². The number of methoxy groups -OCH3 is 1. The molecular weight excluding hydrogens is 548 g/mol. The lowest BCUT2D eigenvalue weighted by atomic mass is 9.95. The Morgan fingerprint density at radius 1 is 1.11 bits per heavy atom. The minimum Gasteiger partial charge on any atom is -0.507 e. The largest absolute Gasteiger partial charge is 0.507 e. The summed E-state index contributed by atoms with van der Waals surface area (Å²) < 4.78 is 11.3. The Morgan fingerprint density at radius 3 is 2.33 bits per heavy atom. The normalized spacial score (nSPS) is 17.1. The molecule has 0 radical (unpaired) electrons. The summed E-state index contributed by atoms with van der Waals surface area (Å²) in [5.41, 5.74) is 1.24. The maximum Gasteiger partial charge on any atom is 0.350 e. The molecule has 10 heteroatoms. The maximum absolute atomic E-state index is 13.3. The van der Waals surface area contributed by atoms with Crippen LogP contribution in [0.15, 0.2) is 58.6 Å². The molecule has 1 aliphatic heterocycles. The number of benzene rings is 2. The first kappa shape index (κ1) is 25.6. The van der Waals surface area contributed by atoms with E-state index in [9.17, 15) is 19.5 Å². The monoisotopic (exact) mass is 570 g/mol. The average molecular weight is 571 g/mol. The second kappa shape index (κ2) is 10.2. The van der Waals surface area contributed by atoms with Crippen LogP contribution < -0.4 is 9.64 Å². The molecule has 0 saturated carbocycles. The van der Waals surface area contributed by atoms with Crippen molar-refractivity contribution in [3.8, 4) is 5.75 Å². The summed E-state index contributed by atoms with van der Waals surface area (Å²) in [6.45, 7) is 5.43. The van der Waals surface area contributed by atoms with Crippen LogP contribution in [0.3, 0.4) is 0 Å². The van der Waals surface area contributed by atoms with Gasteiger partial charge in [-0.1, -0.05) is 39.4 Å². The van der Waals surface area contributed by atoms with Crippen molar-refractivity contribution in [2.45, 2.75) is 32.9 Å². The van der Waals surface area contributed by atoms with Gasteiger partial charge in [0.2, 0.25) is 0 Å². The van der Waals surface area contributed by atoms with E-state index in [0.29, 0.717) is 22.6 Å². The molecule has 1 saturated heterocycles. The molecule has 0 bridgehead atoms. The van der Waals surface area contributed by atoms with E-state index in [1.807, 2.05) is 13.8 Å². The number of aryl methyl sites for hydroxylation is 1. The summed E-state index contributed by atoms with van der Waals surface area (Å²) in [6.07, 6.45) is -0.0243. The maximum atomic E-state index is 13.3. The van der Waals surface area contributed by atoms with Crippen LogP contribution in [0.4, 0.5) is 5.13 Å². The number of aromatic nitrogens is 1. The van der Waals surface area contributed by atoms with Crippen molar-refractivity contribution in [1.82, 2.24) is 4.98 Å². The van der Waals surface area contributed by atoms with Gasteiger partial charge in [-0.05, 0) is 62.7 Å². The Bertz CT molecular complexity index is 1360. The standard InChI is InChI=1S/C26H23BrN2O6S/c1-13(2)35-18-11-7-16(8-12-18)21(30)19-20(15-5-9-17(27)10-6-15)29(24(32)22(19)31)26-28-14(3)23(36-26)25(33)34-4/h5-13,20,30H,1-4H3/b21-19+. The number of aliphatic hydroxyl groups is 1. The summed E-state index contributed by atoms with van der Waals surface area (Å²) in [6, 6.07) is 12.7. The molecule has 3 aromatic rings. The van der Waals surface area contributed by atoms with Crippen LogP contribution in [-0.2, 0) is 14.3 Å². The Balaban J connectivity index is 1.87. The fourth-order valence-electron chi connectivity index (χ4n) is 3.88. The van der Waals surface area contributed by atoms with Crippen molar-refractivity contribution in [2.75, 3.05) is 12.0 Å². The van der Waals surface area contributed by atoms with Gasteiger partial charge in [0.05, 0.1) is 30.5 Å². The third kappa shape index (κ3) is 4.78. The molecule has 36 heavy (non-hydrogen) atoms. The van der Waals surface area contributed by atoms with Gasteiger partial charge in [-0.3, -0.25) is 14.5 Å². The van der Waals surface area contributed by atoms with Crippen molar-refractivity contribution in [2.24, 2.45) is 0 Å². The van der Waals surface area contributed by atoms with Crippen LogP contribution in [0.1, 0.15) is 46.4 Å². The topological polar surface area (TPSA) is 106 Å². The smallest absolute Gasteiger partial charge is 0.350 e. The number of Topliss-reactive ketones (excluding diaryl/α,β-unsaturated/α-hetero) is 1. The predicted octanol–water partition coefficient (Wildman–Crippen LogP) is 5.41. The van der Waals surface area contributed by atoms with E-state index in [-0.39, 0.29) is 27.4 Å². The van der Waals surface area contributed by atoms with Gasteiger partial charge >= 0.3 is 11.9 Å². The number of hydrogen-bond donors (Lipinski definition) is 1. The number of carbonyl (C=O) groups excluding carboxylic acids is 3. The van der Waals surface area contributed by atoms with E-state index in [0.717, 1.165) is 15.8 Å². The van der Waals surface area contributed by atoms with E-state index >= 15 is 0 Å². The Labute approximate surface area is 220 Å². The molecular formula is C26H23BrN2O6S. The molecule has 1 N–H and O–H groups in total. The molecule has 1 atom stereocenters. The van der Waals surface area contributed by atoms with E-state index in [1.54, 1.807) is 55.5 Å². The van der Waals surface area contributed by atoms with Crippen molar-refractivity contribution >= 4 is 55.8 Å². The zero-order valence-electron chi connectivity index (χ0n) is 19.9. The van der Waals surface area contributed by atoms with Crippen molar-refractivity contribution in [3.05, 3.63) is 80.3 Å². The number of hydrogen-bond acceptors (Lipinski definition) is 8. The van der Waals surface area contributed by atoms with Crippen LogP contribution >= 0.6 is 27.3 Å². The zero-order valence-corrected chi connectivity index (χ0v) is 22.3. The highest BCUT2D eigenvalue weighted by molar-refractivity contribution is 9.10. The lowest BCUT2D eigenvalue weighted by Gasteiger charge is -2.23. The predicted molar refractivity (Wildman–Crippen MR) is 139 cm³/mol. The number of rotatable bonds is 6. The van der Waals surface area contributed by atoms with Gasteiger partial charge in [0.15, 0.2) is 5.13 Å². The fourth-order valence-corrected chi connectivity index (χ4v) is 5.15. The molecule has 2 heterocycles. The van der Waals surface area contributed by atoms with Crippen LogP contribution in [0.25, 0.3) is 5.76 Å². The van der Waals surface area contributed by atoms with E-state index < -0.39 is 23.7 Å². The summed E-state index contributed by atoms with van der Waals surface area (Å²) in [5.74, 6) is -2.00. The lowest BCUT2D eigenvalue weighted by molar-refractivity contribution is -0.132. The molecule has 2 aromatic carbocycles. The molecule has 0 aliphatic carbocycles. The molecule has 1 fully saturated rings. The minimum absolute atomic E-state index is 0.0243. The molecule has 8 nitrogen and oxygen atoms in total. The number of carbonyl (C=O) groups is 3. The number of halogens is 1. The van der Waals surface area contributed by atoms with E-state index in [1.165, 1.54) is 12.0 Å². The van der Waals surface area contributed by atoms with Gasteiger partial charge in [0.1, 0.15) is 16.4 Å². The Kier molecular flexibility index (Phi) is 7.28. The highest BCUT2D eigenvalue weighted by Gasteiger charge is 2.48. The Morgan fingerprint density at radius 2 is 1.75 bits per heavy atom. The molecule has 1 amide bonds. The van der Waals surface area contributed by atoms with Crippen molar-refractivity contribution in [3.63, 3.8) is 0 Å². The van der Waals surface area contributed by atoms with Gasteiger partial charge in [0, 0.05) is 10.0 Å². The summed E-state index contributed by atoms with van der Waals surface area (Å²) in [7, 11) is 1.26. The SMILES string of the molecule is COC(=O)c1sc(N2C(=O)C(=O)/C(=C(/O)c3ccc(OC(C)C)cc3)C2c2ccc(Br)cc2)nc1C. The lowest BCUT2D eigenvalue weighted by Crippen LogP contribution is -2.29. The van der Waals surface area contributed by atoms with Crippen LogP contribution in [0.2, 0.25) is 0 Å². The second-order valence-electron chi connectivity index (χ2n) is 8.31. The highest BCUT2D eigenvalue weighted by atomic mass is 79.9. The quantitative estimate of drug-likeness (QED) is 0.182. The molecule has 1 unspecified atom stereocenters. The molecule has 4 rings (SSSR count). The fraction of sp³-hybridized carbons (Fsp3) is 0.231. The summed E-state index contributed by atoms with van der Waals surface area (Å²) >= 11 is 4.35. The van der Waals surface area contributed by atoms with Gasteiger partial charge < -0.3 is 14.6 Å². The Hall–Kier alpha value is -3.50. The minimum atomic E-state index is -0.958. The van der Waals surface area contributed by atoms with Crippen LogP contribution in [-0.4, -0.2) is 41.0 Å². The molecule has 1 aromatic heterocycles. The number of thiazole rings is 1. The number of ketones is 1. The van der Waals surface area contributed by atoms with Gasteiger partial charge in [-0.15, -0.1) is 0 Å². The number of nitrogens with zero attached hydrogens (tertiary/aromatic N) is 2. The number of anilines is 1. The van der Waals surface area contributed by atoms with Crippen LogP contribution in [0, 0.1) is 6.92 Å². The van der Waals surface area contributed by atoms with Gasteiger partial charge in [-0.2, -0.15) is 0 Å². The number of esters is 1.